The monoisotopic (exact) mass is 342 g/mol. The minimum absolute atomic E-state index is 0.408. The highest BCUT2D eigenvalue weighted by atomic mass is 16.5. The Morgan fingerprint density at radius 3 is 2.48 bits per heavy atom. The van der Waals surface area contributed by atoms with Crippen LogP contribution in [-0.4, -0.2) is 24.8 Å². The number of hydrogen-bond acceptors (Lipinski definition) is 3. The lowest BCUT2D eigenvalue weighted by Crippen LogP contribution is -2.16. The van der Waals surface area contributed by atoms with E-state index in [9.17, 15) is 9.90 Å². The SMILES string of the molecule is CCCOc1cc(CC(C(=O)O)c2ccc(C)cc2C)ccc1OC. The molecule has 0 fully saturated rings. The predicted molar refractivity (Wildman–Crippen MR) is 98.8 cm³/mol. The fraction of sp³-hybridized carbons (Fsp3) is 0.381. The quantitative estimate of drug-likeness (QED) is 0.767. The molecule has 1 unspecified atom stereocenters. The average Bonchev–Trinajstić information content (AvgIpc) is 2.58. The van der Waals surface area contributed by atoms with Gasteiger partial charge in [-0.2, -0.15) is 0 Å². The Balaban J connectivity index is 2.32. The van der Waals surface area contributed by atoms with Gasteiger partial charge in [0.2, 0.25) is 0 Å². The number of aryl methyl sites for hydroxylation is 2. The summed E-state index contributed by atoms with van der Waals surface area (Å²) in [7, 11) is 1.60. The predicted octanol–water partition coefficient (Wildman–Crippen LogP) is 4.51. The van der Waals surface area contributed by atoms with Crippen molar-refractivity contribution in [2.75, 3.05) is 13.7 Å². The number of hydrogen-bond donors (Lipinski definition) is 1. The molecule has 2 aromatic carbocycles. The highest BCUT2D eigenvalue weighted by molar-refractivity contribution is 5.77. The molecule has 4 heteroatoms. The Morgan fingerprint density at radius 2 is 1.88 bits per heavy atom. The van der Waals surface area contributed by atoms with Crippen LogP contribution in [0.5, 0.6) is 11.5 Å². The second-order valence-electron chi connectivity index (χ2n) is 6.29. The number of ether oxygens (including phenoxy) is 2. The van der Waals surface area contributed by atoms with Crippen molar-refractivity contribution < 1.29 is 19.4 Å². The highest BCUT2D eigenvalue weighted by Crippen LogP contribution is 2.31. The van der Waals surface area contributed by atoms with Crippen LogP contribution in [0, 0.1) is 13.8 Å². The first-order chi connectivity index (χ1) is 12.0. The van der Waals surface area contributed by atoms with Gasteiger partial charge in [-0.3, -0.25) is 4.79 Å². The van der Waals surface area contributed by atoms with Crippen LogP contribution < -0.4 is 9.47 Å². The summed E-state index contributed by atoms with van der Waals surface area (Å²) in [5.41, 5.74) is 3.90. The zero-order valence-corrected chi connectivity index (χ0v) is 15.3. The number of carboxylic acid groups (broad SMARTS) is 1. The maximum Gasteiger partial charge on any atom is 0.311 e. The van der Waals surface area contributed by atoms with Gasteiger partial charge in [0.15, 0.2) is 11.5 Å². The number of carboxylic acids is 1. The van der Waals surface area contributed by atoms with Crippen molar-refractivity contribution in [3.63, 3.8) is 0 Å². The number of aliphatic carboxylic acids is 1. The van der Waals surface area contributed by atoms with Crippen molar-refractivity contribution in [1.82, 2.24) is 0 Å². The molecule has 0 amide bonds. The van der Waals surface area contributed by atoms with Gasteiger partial charge >= 0.3 is 5.97 Å². The number of carbonyl (C=O) groups is 1. The van der Waals surface area contributed by atoms with E-state index in [0.29, 0.717) is 24.5 Å². The minimum atomic E-state index is -0.821. The van der Waals surface area contributed by atoms with Crippen LogP contribution in [0.4, 0.5) is 0 Å². The third kappa shape index (κ3) is 4.75. The maximum atomic E-state index is 11.9. The Hall–Kier alpha value is -2.49. The summed E-state index contributed by atoms with van der Waals surface area (Å²) in [6, 6.07) is 11.5. The van der Waals surface area contributed by atoms with E-state index in [0.717, 1.165) is 28.7 Å². The second-order valence-corrected chi connectivity index (χ2v) is 6.29. The number of benzene rings is 2. The first-order valence-electron chi connectivity index (χ1n) is 8.56. The van der Waals surface area contributed by atoms with E-state index in [1.54, 1.807) is 7.11 Å². The summed E-state index contributed by atoms with van der Waals surface area (Å²) in [6.45, 7) is 6.60. The molecule has 0 aliphatic carbocycles. The lowest BCUT2D eigenvalue weighted by molar-refractivity contribution is -0.138. The molecule has 0 saturated heterocycles. The second kappa shape index (κ2) is 8.56. The molecule has 2 rings (SSSR count). The Morgan fingerprint density at radius 1 is 1.12 bits per heavy atom. The Labute approximate surface area is 149 Å². The number of methoxy groups -OCH3 is 1. The fourth-order valence-electron chi connectivity index (χ4n) is 2.96. The largest absolute Gasteiger partial charge is 0.493 e. The van der Waals surface area contributed by atoms with Gasteiger partial charge in [0, 0.05) is 0 Å². The zero-order valence-electron chi connectivity index (χ0n) is 15.3. The summed E-state index contributed by atoms with van der Waals surface area (Å²) in [6.07, 6.45) is 1.30. The summed E-state index contributed by atoms with van der Waals surface area (Å²) in [5.74, 6) is -0.0889. The van der Waals surface area contributed by atoms with Crippen molar-refractivity contribution in [1.29, 1.82) is 0 Å². The van der Waals surface area contributed by atoms with Crippen LogP contribution in [0.1, 0.15) is 41.5 Å². The van der Waals surface area contributed by atoms with Gasteiger partial charge in [-0.15, -0.1) is 0 Å². The van der Waals surface area contributed by atoms with Crippen molar-refractivity contribution in [2.24, 2.45) is 0 Å². The van der Waals surface area contributed by atoms with Crippen LogP contribution in [0.15, 0.2) is 36.4 Å². The molecule has 1 atom stereocenters. The van der Waals surface area contributed by atoms with E-state index in [2.05, 4.69) is 0 Å². The topological polar surface area (TPSA) is 55.8 Å². The first kappa shape index (κ1) is 18.8. The van der Waals surface area contributed by atoms with Crippen LogP contribution in [0.3, 0.4) is 0 Å². The van der Waals surface area contributed by atoms with Gasteiger partial charge in [0.1, 0.15) is 0 Å². The molecule has 2 aromatic rings. The molecular weight excluding hydrogens is 316 g/mol. The number of rotatable bonds is 8. The van der Waals surface area contributed by atoms with Gasteiger partial charge in [0.05, 0.1) is 19.6 Å². The maximum absolute atomic E-state index is 11.9. The summed E-state index contributed by atoms with van der Waals surface area (Å²) in [4.78, 5) is 11.9. The molecule has 25 heavy (non-hydrogen) atoms. The summed E-state index contributed by atoms with van der Waals surface area (Å²) < 4.78 is 11.1. The summed E-state index contributed by atoms with van der Waals surface area (Å²) >= 11 is 0. The zero-order chi connectivity index (χ0) is 18.4. The highest BCUT2D eigenvalue weighted by Gasteiger charge is 2.22. The first-order valence-corrected chi connectivity index (χ1v) is 8.56. The van der Waals surface area contributed by atoms with E-state index < -0.39 is 11.9 Å². The minimum Gasteiger partial charge on any atom is -0.493 e. The Kier molecular flexibility index (Phi) is 6.45. The average molecular weight is 342 g/mol. The lowest BCUT2D eigenvalue weighted by atomic mass is 9.88. The molecule has 0 aliphatic rings. The molecule has 1 N–H and O–H groups in total. The van der Waals surface area contributed by atoms with Crippen LogP contribution in [0.2, 0.25) is 0 Å². The van der Waals surface area contributed by atoms with Crippen molar-refractivity contribution in [3.8, 4) is 11.5 Å². The Bertz CT molecular complexity index is 737. The molecule has 0 aromatic heterocycles. The van der Waals surface area contributed by atoms with Crippen molar-refractivity contribution in [3.05, 3.63) is 58.7 Å². The fourth-order valence-corrected chi connectivity index (χ4v) is 2.96. The molecule has 0 heterocycles. The van der Waals surface area contributed by atoms with E-state index in [4.69, 9.17) is 9.47 Å². The van der Waals surface area contributed by atoms with Crippen LogP contribution in [-0.2, 0) is 11.2 Å². The van der Waals surface area contributed by atoms with E-state index in [1.807, 2.05) is 57.2 Å². The molecule has 0 spiro atoms. The molecule has 0 bridgehead atoms. The molecule has 0 radical (unpaired) electrons. The van der Waals surface area contributed by atoms with Gasteiger partial charge in [-0.05, 0) is 55.5 Å². The van der Waals surface area contributed by atoms with Crippen LogP contribution >= 0.6 is 0 Å². The van der Waals surface area contributed by atoms with E-state index >= 15 is 0 Å². The summed E-state index contributed by atoms with van der Waals surface area (Å²) in [5, 5.41) is 9.74. The third-order valence-electron chi connectivity index (χ3n) is 4.23. The van der Waals surface area contributed by atoms with E-state index in [1.165, 1.54) is 0 Å². The molecule has 0 aliphatic heterocycles. The normalized spacial score (nSPS) is 11.8. The van der Waals surface area contributed by atoms with Crippen molar-refractivity contribution in [2.45, 2.75) is 39.5 Å². The van der Waals surface area contributed by atoms with E-state index in [-0.39, 0.29) is 0 Å². The molecular formula is C21H26O4. The third-order valence-corrected chi connectivity index (χ3v) is 4.23. The van der Waals surface area contributed by atoms with Gasteiger partial charge in [-0.25, -0.2) is 0 Å². The molecule has 0 saturated carbocycles. The van der Waals surface area contributed by atoms with Crippen molar-refractivity contribution >= 4 is 5.97 Å². The smallest absolute Gasteiger partial charge is 0.311 e. The van der Waals surface area contributed by atoms with Gasteiger partial charge in [0.25, 0.3) is 0 Å². The molecule has 134 valence electrons. The standard InChI is InChI=1S/C21H26O4/c1-5-10-25-20-13-16(7-9-19(20)24-4)12-18(21(22)23)17-8-6-14(2)11-15(17)3/h6-9,11,13,18H,5,10,12H2,1-4H3,(H,22,23). The van der Waals surface area contributed by atoms with Gasteiger partial charge in [-0.1, -0.05) is 36.8 Å². The van der Waals surface area contributed by atoms with Gasteiger partial charge < -0.3 is 14.6 Å². The molecule has 4 nitrogen and oxygen atoms in total. The van der Waals surface area contributed by atoms with Crippen LogP contribution in [0.25, 0.3) is 0 Å². The lowest BCUT2D eigenvalue weighted by Gasteiger charge is -2.17.